The minimum absolute atomic E-state index is 0.0518. The van der Waals surface area contributed by atoms with E-state index >= 15 is 0 Å². The van der Waals surface area contributed by atoms with Gasteiger partial charge in [0, 0.05) is 11.5 Å². The summed E-state index contributed by atoms with van der Waals surface area (Å²) in [5, 5.41) is 13.2. The number of esters is 1. The van der Waals surface area contributed by atoms with Crippen LogP contribution in [-0.2, 0) is 14.6 Å². The molecule has 0 aliphatic carbocycles. The zero-order chi connectivity index (χ0) is 24.7. The van der Waals surface area contributed by atoms with Gasteiger partial charge in [-0.25, -0.2) is 13.2 Å². The fraction of sp³-hybridized carbons (Fsp3) is 0.190. The van der Waals surface area contributed by atoms with Crippen LogP contribution in [0.1, 0.15) is 29.1 Å². The molecule has 1 N–H and O–H groups in total. The van der Waals surface area contributed by atoms with Gasteiger partial charge < -0.3 is 9.47 Å². The molecule has 2 heterocycles. The number of sulfone groups is 1. The van der Waals surface area contributed by atoms with Gasteiger partial charge in [-0.15, -0.1) is 11.3 Å². The van der Waals surface area contributed by atoms with Crippen molar-refractivity contribution >= 4 is 55.8 Å². The Morgan fingerprint density at radius 3 is 2.68 bits per heavy atom. The lowest BCUT2D eigenvalue weighted by Gasteiger charge is -2.11. The van der Waals surface area contributed by atoms with Crippen molar-refractivity contribution in [2.24, 2.45) is 0 Å². The van der Waals surface area contributed by atoms with Gasteiger partial charge in [0.1, 0.15) is 16.5 Å². The van der Waals surface area contributed by atoms with Crippen molar-refractivity contribution in [3.63, 3.8) is 0 Å². The van der Waals surface area contributed by atoms with Crippen LogP contribution in [0.25, 0.3) is 6.08 Å². The van der Waals surface area contributed by atoms with Crippen molar-refractivity contribution in [3.05, 3.63) is 51.7 Å². The molecule has 0 saturated carbocycles. The number of hydrogen-bond acceptors (Lipinski definition) is 11. The van der Waals surface area contributed by atoms with Crippen molar-refractivity contribution in [1.82, 2.24) is 9.36 Å². The van der Waals surface area contributed by atoms with Crippen LogP contribution in [0.4, 0.5) is 5.13 Å². The third-order valence-electron chi connectivity index (χ3n) is 4.15. The van der Waals surface area contributed by atoms with Gasteiger partial charge in [0.05, 0.1) is 12.4 Å². The summed E-state index contributed by atoms with van der Waals surface area (Å²) in [6.45, 7) is 3.51. The lowest BCUT2D eigenvalue weighted by Crippen LogP contribution is -2.14. The summed E-state index contributed by atoms with van der Waals surface area (Å²) in [6, 6.07) is 9.76. The van der Waals surface area contributed by atoms with E-state index in [1.54, 1.807) is 36.6 Å². The molecule has 0 fully saturated rings. The van der Waals surface area contributed by atoms with E-state index in [4.69, 9.17) is 9.47 Å². The highest BCUT2D eigenvalue weighted by molar-refractivity contribution is 7.91. The summed E-state index contributed by atoms with van der Waals surface area (Å²) in [4.78, 5) is 29.0. The summed E-state index contributed by atoms with van der Waals surface area (Å²) in [6.07, 6.45) is 1.31. The van der Waals surface area contributed by atoms with E-state index in [-0.39, 0.29) is 33.1 Å². The van der Waals surface area contributed by atoms with Crippen LogP contribution in [0.2, 0.25) is 0 Å². The Labute approximate surface area is 203 Å². The van der Waals surface area contributed by atoms with Gasteiger partial charge in [0.25, 0.3) is 11.1 Å². The second-order valence-electron chi connectivity index (χ2n) is 6.42. The molecule has 13 heteroatoms. The summed E-state index contributed by atoms with van der Waals surface area (Å²) in [5.74, 6) is -1.04. The molecule has 3 aromatic rings. The summed E-state index contributed by atoms with van der Waals surface area (Å²) >= 11 is 1.94. The highest BCUT2D eigenvalue weighted by Gasteiger charge is 2.20. The van der Waals surface area contributed by atoms with E-state index < -0.39 is 21.7 Å². The molecule has 0 aliphatic heterocycles. The molecule has 2 aromatic heterocycles. The van der Waals surface area contributed by atoms with E-state index in [2.05, 4.69) is 14.7 Å². The van der Waals surface area contributed by atoms with E-state index in [1.807, 2.05) is 0 Å². The Bertz CT molecular complexity index is 1370. The predicted molar refractivity (Wildman–Crippen MR) is 127 cm³/mol. The molecule has 0 radical (unpaired) electrons. The Morgan fingerprint density at radius 2 is 2.03 bits per heavy atom. The molecule has 0 bridgehead atoms. The van der Waals surface area contributed by atoms with Crippen molar-refractivity contribution in [2.75, 3.05) is 17.7 Å². The zero-order valence-corrected chi connectivity index (χ0v) is 20.4. The molecule has 0 saturated heterocycles. The van der Waals surface area contributed by atoms with E-state index in [1.165, 1.54) is 36.5 Å². The molecule has 0 aliphatic rings. The summed E-state index contributed by atoms with van der Waals surface area (Å²) < 4.78 is 38.4. The maximum Gasteiger partial charge on any atom is 0.353 e. The fourth-order valence-electron chi connectivity index (χ4n) is 2.51. The Morgan fingerprint density at radius 1 is 1.24 bits per heavy atom. The van der Waals surface area contributed by atoms with E-state index in [9.17, 15) is 23.3 Å². The SMILES string of the molecule is CCOc1cc(/C=C(/C#N)C(=O)Nc2nc(S(=O)(=O)CC)ns2)ccc1OC(=O)c1cccs1. The normalized spacial score (nSPS) is 11.5. The average molecular weight is 519 g/mol. The first-order valence-corrected chi connectivity index (χ1v) is 13.1. The topological polar surface area (TPSA) is 148 Å². The first kappa shape index (κ1) is 25.0. The van der Waals surface area contributed by atoms with Crippen LogP contribution >= 0.6 is 22.9 Å². The Balaban J connectivity index is 1.80. The maximum absolute atomic E-state index is 12.5. The van der Waals surface area contributed by atoms with Crippen molar-refractivity contribution < 1.29 is 27.5 Å². The number of nitrogens with zero attached hydrogens (tertiary/aromatic N) is 3. The number of nitrogens with one attached hydrogen (secondary N) is 1. The van der Waals surface area contributed by atoms with Gasteiger partial charge in [-0.05, 0) is 42.1 Å². The number of thiophene rings is 1. The number of ether oxygens (including phenoxy) is 2. The third kappa shape index (κ3) is 6.04. The van der Waals surface area contributed by atoms with Crippen molar-refractivity contribution in [1.29, 1.82) is 5.26 Å². The first-order chi connectivity index (χ1) is 16.3. The van der Waals surface area contributed by atoms with Gasteiger partial charge in [-0.2, -0.15) is 14.6 Å². The molecule has 1 amide bonds. The van der Waals surface area contributed by atoms with Crippen LogP contribution < -0.4 is 14.8 Å². The zero-order valence-electron chi connectivity index (χ0n) is 18.0. The van der Waals surface area contributed by atoms with Crippen LogP contribution in [0, 0.1) is 11.3 Å². The minimum Gasteiger partial charge on any atom is -0.490 e. The largest absolute Gasteiger partial charge is 0.490 e. The Hall–Kier alpha value is -3.60. The van der Waals surface area contributed by atoms with Crippen LogP contribution in [-0.4, -0.2) is 42.0 Å². The molecule has 34 heavy (non-hydrogen) atoms. The average Bonchev–Trinajstić information content (AvgIpc) is 3.52. The number of rotatable bonds is 9. The van der Waals surface area contributed by atoms with Crippen LogP contribution in [0.5, 0.6) is 11.5 Å². The van der Waals surface area contributed by atoms with Gasteiger partial charge in [-0.1, -0.05) is 19.1 Å². The van der Waals surface area contributed by atoms with Crippen LogP contribution in [0.15, 0.2) is 46.4 Å². The summed E-state index contributed by atoms with van der Waals surface area (Å²) in [5.41, 5.74) is 0.179. The monoisotopic (exact) mass is 518 g/mol. The number of hydrogen-bond donors (Lipinski definition) is 1. The number of benzene rings is 1. The minimum atomic E-state index is -3.62. The third-order valence-corrected chi connectivity index (χ3v) is 7.25. The highest BCUT2D eigenvalue weighted by atomic mass is 32.2. The molecule has 1 aromatic carbocycles. The highest BCUT2D eigenvalue weighted by Crippen LogP contribution is 2.30. The van der Waals surface area contributed by atoms with E-state index in [0.717, 1.165) is 0 Å². The molecular weight excluding hydrogens is 500 g/mol. The standard InChI is InChI=1S/C21H18N4O6S3/c1-3-30-16-11-13(7-8-15(16)31-19(27)17-6-5-9-32-17)10-14(12-22)18(26)23-20-24-21(25-33-20)34(28,29)4-2/h5-11H,3-4H2,1-2H3,(H,23,24,25,26)/b14-10-. The fourth-order valence-corrected chi connectivity index (χ4v) is 4.69. The Kier molecular flexibility index (Phi) is 8.11. The number of carbonyl (C=O) groups excluding carboxylic acids is 2. The maximum atomic E-state index is 12.5. The summed E-state index contributed by atoms with van der Waals surface area (Å²) in [7, 11) is -3.62. The van der Waals surface area contributed by atoms with Gasteiger partial charge in [-0.3, -0.25) is 10.1 Å². The van der Waals surface area contributed by atoms with Crippen molar-refractivity contribution in [2.45, 2.75) is 19.0 Å². The predicted octanol–water partition coefficient (Wildman–Crippen LogP) is 3.56. The molecule has 176 valence electrons. The molecule has 0 spiro atoms. The molecule has 0 unspecified atom stereocenters. The van der Waals surface area contributed by atoms with Crippen LogP contribution in [0.3, 0.4) is 0 Å². The lowest BCUT2D eigenvalue weighted by atomic mass is 10.1. The number of amides is 1. The van der Waals surface area contributed by atoms with Crippen molar-refractivity contribution in [3.8, 4) is 17.6 Å². The lowest BCUT2D eigenvalue weighted by molar-refractivity contribution is -0.112. The quantitative estimate of drug-likeness (QED) is 0.194. The molecular formula is C21H18N4O6S3. The smallest absolute Gasteiger partial charge is 0.353 e. The number of nitriles is 1. The second kappa shape index (κ2) is 11.0. The number of anilines is 1. The molecule has 0 atom stereocenters. The molecule has 10 nitrogen and oxygen atoms in total. The number of carbonyl (C=O) groups is 2. The van der Waals surface area contributed by atoms with Gasteiger partial charge in [0.2, 0.25) is 15.0 Å². The van der Waals surface area contributed by atoms with E-state index in [0.29, 0.717) is 28.6 Å². The van der Waals surface area contributed by atoms with Gasteiger partial charge in [0.15, 0.2) is 11.5 Å². The number of aromatic nitrogens is 2. The molecule has 3 rings (SSSR count). The first-order valence-electron chi connectivity index (χ1n) is 9.79. The second-order valence-corrected chi connectivity index (χ2v) is 10.3. The van der Waals surface area contributed by atoms with Gasteiger partial charge >= 0.3 is 5.97 Å².